The van der Waals surface area contributed by atoms with Crippen molar-refractivity contribution in [3.8, 4) is 5.75 Å². The SMILES string of the molecule is COC(=O)C(=O)C(N=Nc1ccc(Cl)cc1)C(=O)c1ccc(OC)cc1. The van der Waals surface area contributed by atoms with Crippen molar-refractivity contribution in [2.75, 3.05) is 14.2 Å². The van der Waals surface area contributed by atoms with Crippen LogP contribution in [-0.2, 0) is 14.3 Å². The summed E-state index contributed by atoms with van der Waals surface area (Å²) in [4.78, 5) is 36.4. The number of benzene rings is 2. The second kappa shape index (κ2) is 8.87. The number of Topliss-reactive ketones (excluding diaryl/α,β-unsaturated/α-hetero) is 2. The zero-order chi connectivity index (χ0) is 19.1. The van der Waals surface area contributed by atoms with Gasteiger partial charge in [0.05, 0.1) is 19.9 Å². The van der Waals surface area contributed by atoms with Crippen LogP contribution >= 0.6 is 11.6 Å². The first kappa shape index (κ1) is 19.3. The zero-order valence-electron chi connectivity index (χ0n) is 14.0. The minimum atomic E-state index is -1.65. The molecule has 0 bridgehead atoms. The highest BCUT2D eigenvalue weighted by atomic mass is 35.5. The predicted octanol–water partition coefficient (Wildman–Crippen LogP) is 3.43. The Hall–Kier alpha value is -3.06. The lowest BCUT2D eigenvalue weighted by molar-refractivity contribution is -0.151. The van der Waals surface area contributed by atoms with Crippen LogP contribution in [0.3, 0.4) is 0 Å². The lowest BCUT2D eigenvalue weighted by Gasteiger charge is -2.09. The Balaban J connectivity index is 2.32. The minimum absolute atomic E-state index is 0.183. The van der Waals surface area contributed by atoms with Crippen molar-refractivity contribution in [2.24, 2.45) is 10.2 Å². The number of nitrogens with zero attached hydrogens (tertiary/aromatic N) is 2. The van der Waals surface area contributed by atoms with E-state index in [4.69, 9.17) is 16.3 Å². The Morgan fingerprint density at radius 3 is 2.12 bits per heavy atom. The Labute approximate surface area is 154 Å². The number of esters is 1. The molecule has 7 nitrogen and oxygen atoms in total. The van der Waals surface area contributed by atoms with E-state index in [1.54, 1.807) is 36.4 Å². The van der Waals surface area contributed by atoms with Gasteiger partial charge in [0.2, 0.25) is 6.04 Å². The molecule has 0 radical (unpaired) electrons. The summed E-state index contributed by atoms with van der Waals surface area (Å²) in [6.45, 7) is 0. The van der Waals surface area contributed by atoms with Gasteiger partial charge in [-0.05, 0) is 48.5 Å². The summed E-state index contributed by atoms with van der Waals surface area (Å²) in [5, 5.41) is 8.12. The molecule has 2 aromatic rings. The molecule has 2 rings (SSSR count). The van der Waals surface area contributed by atoms with E-state index in [2.05, 4.69) is 15.0 Å². The lowest BCUT2D eigenvalue weighted by atomic mass is 10.0. The van der Waals surface area contributed by atoms with Crippen LogP contribution in [0, 0.1) is 0 Å². The molecule has 0 saturated carbocycles. The summed E-state index contributed by atoms with van der Waals surface area (Å²) in [6.07, 6.45) is 0. The maximum Gasteiger partial charge on any atom is 0.377 e. The molecule has 0 aliphatic heterocycles. The summed E-state index contributed by atoms with van der Waals surface area (Å²) in [6, 6.07) is 10.7. The molecular weight excluding hydrogens is 360 g/mol. The maximum atomic E-state index is 12.6. The van der Waals surface area contributed by atoms with Gasteiger partial charge in [-0.25, -0.2) is 4.79 Å². The number of ketones is 2. The number of carbonyl (C=O) groups is 3. The number of azo groups is 1. The van der Waals surface area contributed by atoms with Gasteiger partial charge in [-0.15, -0.1) is 0 Å². The average Bonchev–Trinajstić information content (AvgIpc) is 2.68. The van der Waals surface area contributed by atoms with E-state index in [0.29, 0.717) is 16.5 Å². The van der Waals surface area contributed by atoms with Crippen LogP contribution in [0.25, 0.3) is 0 Å². The molecule has 26 heavy (non-hydrogen) atoms. The average molecular weight is 375 g/mol. The van der Waals surface area contributed by atoms with Gasteiger partial charge < -0.3 is 9.47 Å². The van der Waals surface area contributed by atoms with Crippen LogP contribution in [0.2, 0.25) is 5.02 Å². The number of hydrogen-bond acceptors (Lipinski definition) is 7. The van der Waals surface area contributed by atoms with E-state index in [-0.39, 0.29) is 5.56 Å². The molecule has 0 fully saturated rings. The molecule has 0 spiro atoms. The minimum Gasteiger partial charge on any atom is -0.497 e. The number of rotatable bonds is 7. The molecule has 0 aromatic heterocycles. The normalized spacial score (nSPS) is 11.8. The van der Waals surface area contributed by atoms with Crippen molar-refractivity contribution in [3.63, 3.8) is 0 Å². The highest BCUT2D eigenvalue weighted by molar-refractivity contribution is 6.41. The fourth-order valence-corrected chi connectivity index (χ4v) is 2.11. The largest absolute Gasteiger partial charge is 0.497 e. The third kappa shape index (κ3) is 4.73. The summed E-state index contributed by atoms with van der Waals surface area (Å²) >= 11 is 5.79. The summed E-state index contributed by atoms with van der Waals surface area (Å²) < 4.78 is 9.43. The Morgan fingerprint density at radius 1 is 0.962 bits per heavy atom. The molecule has 134 valence electrons. The molecule has 1 atom stereocenters. The van der Waals surface area contributed by atoms with Crippen LogP contribution in [0.4, 0.5) is 5.69 Å². The monoisotopic (exact) mass is 374 g/mol. The van der Waals surface area contributed by atoms with Gasteiger partial charge in [-0.1, -0.05) is 11.6 Å². The van der Waals surface area contributed by atoms with Gasteiger partial charge in [-0.2, -0.15) is 10.2 Å². The highest BCUT2D eigenvalue weighted by Crippen LogP contribution is 2.19. The molecule has 8 heteroatoms. The van der Waals surface area contributed by atoms with E-state index in [1.165, 1.54) is 19.2 Å². The van der Waals surface area contributed by atoms with E-state index < -0.39 is 23.6 Å². The second-order valence-corrected chi connectivity index (χ2v) is 5.48. The van der Waals surface area contributed by atoms with Gasteiger partial charge in [0.25, 0.3) is 5.78 Å². The Morgan fingerprint density at radius 2 is 1.58 bits per heavy atom. The van der Waals surface area contributed by atoms with Crippen LogP contribution in [0.15, 0.2) is 58.8 Å². The Bertz CT molecular complexity index is 832. The first-order valence-electron chi connectivity index (χ1n) is 7.43. The third-order valence-electron chi connectivity index (χ3n) is 3.37. The van der Waals surface area contributed by atoms with Gasteiger partial charge in [-0.3, -0.25) is 9.59 Å². The van der Waals surface area contributed by atoms with Crippen molar-refractivity contribution in [1.29, 1.82) is 0 Å². The van der Waals surface area contributed by atoms with E-state index in [0.717, 1.165) is 7.11 Å². The first-order chi connectivity index (χ1) is 12.5. The topological polar surface area (TPSA) is 94.4 Å². The van der Waals surface area contributed by atoms with Crippen molar-refractivity contribution < 1.29 is 23.9 Å². The summed E-state index contributed by atoms with van der Waals surface area (Å²) in [5.74, 6) is -2.42. The number of carbonyl (C=O) groups excluding carboxylic acids is 3. The molecule has 0 amide bonds. The van der Waals surface area contributed by atoms with Gasteiger partial charge in [0, 0.05) is 10.6 Å². The molecule has 0 N–H and O–H groups in total. The van der Waals surface area contributed by atoms with Crippen molar-refractivity contribution in [2.45, 2.75) is 6.04 Å². The van der Waals surface area contributed by atoms with Crippen LogP contribution in [0.5, 0.6) is 5.75 Å². The van der Waals surface area contributed by atoms with Crippen molar-refractivity contribution in [1.82, 2.24) is 0 Å². The zero-order valence-corrected chi connectivity index (χ0v) is 14.8. The number of hydrogen-bond donors (Lipinski definition) is 0. The molecule has 0 aliphatic rings. The first-order valence-corrected chi connectivity index (χ1v) is 7.81. The Kier molecular flexibility index (Phi) is 6.57. The standard InChI is InChI=1S/C18H15ClN2O5/c1-25-14-9-3-11(4-10-14)16(22)15(17(23)18(24)26-2)21-20-13-7-5-12(19)6-8-13/h3-10,15H,1-2H3. The summed E-state index contributed by atoms with van der Waals surface area (Å²) in [5.41, 5.74) is 0.558. The number of methoxy groups -OCH3 is 2. The van der Waals surface area contributed by atoms with Crippen LogP contribution in [-0.4, -0.2) is 37.8 Å². The van der Waals surface area contributed by atoms with Crippen LogP contribution < -0.4 is 4.74 Å². The van der Waals surface area contributed by atoms with Gasteiger partial charge in [0.15, 0.2) is 5.78 Å². The van der Waals surface area contributed by atoms with Gasteiger partial charge >= 0.3 is 5.97 Å². The molecule has 0 aliphatic carbocycles. The molecule has 0 saturated heterocycles. The van der Waals surface area contributed by atoms with Gasteiger partial charge in [0.1, 0.15) is 5.75 Å². The maximum absolute atomic E-state index is 12.6. The van der Waals surface area contributed by atoms with Crippen LogP contribution in [0.1, 0.15) is 10.4 Å². The van der Waals surface area contributed by atoms with E-state index in [1.807, 2.05) is 0 Å². The molecule has 2 aromatic carbocycles. The van der Waals surface area contributed by atoms with Crippen molar-refractivity contribution in [3.05, 3.63) is 59.1 Å². The second-order valence-electron chi connectivity index (χ2n) is 5.04. The number of halogens is 1. The van der Waals surface area contributed by atoms with E-state index >= 15 is 0 Å². The third-order valence-corrected chi connectivity index (χ3v) is 3.63. The fourth-order valence-electron chi connectivity index (χ4n) is 1.98. The number of ether oxygens (including phenoxy) is 2. The molecule has 1 unspecified atom stereocenters. The lowest BCUT2D eigenvalue weighted by Crippen LogP contribution is -2.34. The smallest absolute Gasteiger partial charge is 0.377 e. The quantitative estimate of drug-likeness (QED) is 0.243. The van der Waals surface area contributed by atoms with Crippen molar-refractivity contribution >= 4 is 34.8 Å². The van der Waals surface area contributed by atoms with E-state index in [9.17, 15) is 14.4 Å². The fraction of sp³-hybridized carbons (Fsp3) is 0.167. The molecular formula is C18H15ClN2O5. The summed E-state index contributed by atoms with van der Waals surface area (Å²) in [7, 11) is 2.53. The highest BCUT2D eigenvalue weighted by Gasteiger charge is 2.33. The predicted molar refractivity (Wildman–Crippen MR) is 94.1 cm³/mol. The molecule has 0 heterocycles.